The summed E-state index contributed by atoms with van der Waals surface area (Å²) >= 11 is 0. The monoisotopic (exact) mass is 398 g/mol. The van der Waals surface area contributed by atoms with E-state index in [2.05, 4.69) is 15.4 Å². The molecule has 2 rings (SSSR count). The van der Waals surface area contributed by atoms with Crippen molar-refractivity contribution in [1.29, 1.82) is 0 Å². The van der Waals surface area contributed by atoms with Gasteiger partial charge in [-0.2, -0.15) is 0 Å². The summed E-state index contributed by atoms with van der Waals surface area (Å²) in [7, 11) is 3.08. The number of nitrogens with one attached hydrogen (secondary N) is 2. The lowest BCUT2D eigenvalue weighted by atomic mass is 10.1. The fourth-order valence-corrected chi connectivity index (χ4v) is 2.47. The molecule has 0 aliphatic rings. The minimum absolute atomic E-state index is 0.103. The lowest BCUT2D eigenvalue weighted by molar-refractivity contribution is -0.274. The third-order valence-electron chi connectivity index (χ3n) is 3.78. The molecule has 2 aromatic rings. The number of alkyl halides is 3. The quantitative estimate of drug-likeness (QED) is 0.712. The van der Waals surface area contributed by atoms with Crippen LogP contribution < -0.4 is 24.8 Å². The molecule has 0 aromatic heterocycles. The number of ether oxygens (including phenoxy) is 3. The molecule has 0 saturated heterocycles. The van der Waals surface area contributed by atoms with Crippen LogP contribution in [0.4, 0.5) is 18.0 Å². The number of para-hydroxylation sites is 1. The van der Waals surface area contributed by atoms with E-state index < -0.39 is 12.4 Å². The van der Waals surface area contributed by atoms with Gasteiger partial charge in [-0.3, -0.25) is 0 Å². The van der Waals surface area contributed by atoms with Crippen LogP contribution in [0.2, 0.25) is 0 Å². The minimum Gasteiger partial charge on any atom is -0.493 e. The van der Waals surface area contributed by atoms with E-state index in [9.17, 15) is 18.0 Å². The van der Waals surface area contributed by atoms with Gasteiger partial charge < -0.3 is 24.8 Å². The van der Waals surface area contributed by atoms with Crippen LogP contribution in [0.5, 0.6) is 17.2 Å². The highest BCUT2D eigenvalue weighted by Crippen LogP contribution is 2.28. The van der Waals surface area contributed by atoms with Crippen LogP contribution in [0.1, 0.15) is 11.1 Å². The molecule has 0 fully saturated rings. The standard InChI is InChI=1S/C19H21F3N2O4/c1-26-16-8-7-13(11-17(16)27-2)9-10-23-18(25)24-12-14-5-3-4-6-15(14)28-19(20,21)22/h3-8,11H,9-10,12H2,1-2H3,(H2,23,24,25). The highest BCUT2D eigenvalue weighted by atomic mass is 19.4. The number of carbonyl (C=O) groups excluding carboxylic acids is 1. The van der Waals surface area contributed by atoms with Crippen molar-refractivity contribution in [3.05, 3.63) is 53.6 Å². The number of carbonyl (C=O) groups is 1. The number of rotatable bonds is 8. The highest BCUT2D eigenvalue weighted by molar-refractivity contribution is 5.73. The molecule has 0 bridgehead atoms. The van der Waals surface area contributed by atoms with E-state index in [0.717, 1.165) is 5.56 Å². The van der Waals surface area contributed by atoms with Gasteiger partial charge in [0.1, 0.15) is 5.75 Å². The van der Waals surface area contributed by atoms with Crippen molar-refractivity contribution in [1.82, 2.24) is 10.6 Å². The number of methoxy groups -OCH3 is 2. The highest BCUT2D eigenvalue weighted by Gasteiger charge is 2.31. The van der Waals surface area contributed by atoms with Crippen LogP contribution in [0, 0.1) is 0 Å². The second-order valence-electron chi connectivity index (χ2n) is 5.70. The van der Waals surface area contributed by atoms with Gasteiger partial charge in [0.15, 0.2) is 11.5 Å². The first kappa shape index (κ1) is 21.2. The summed E-state index contributed by atoms with van der Waals surface area (Å²) < 4.78 is 51.6. The van der Waals surface area contributed by atoms with Crippen LogP contribution in [0.15, 0.2) is 42.5 Å². The summed E-state index contributed by atoms with van der Waals surface area (Å²) in [4.78, 5) is 11.9. The van der Waals surface area contributed by atoms with Gasteiger partial charge in [0.2, 0.25) is 0 Å². The van der Waals surface area contributed by atoms with E-state index in [1.54, 1.807) is 19.2 Å². The average molecular weight is 398 g/mol. The minimum atomic E-state index is -4.79. The number of amides is 2. The summed E-state index contributed by atoms with van der Waals surface area (Å²) in [5, 5.41) is 5.16. The Balaban J connectivity index is 1.83. The van der Waals surface area contributed by atoms with E-state index in [4.69, 9.17) is 9.47 Å². The van der Waals surface area contributed by atoms with Gasteiger partial charge in [-0.15, -0.1) is 13.2 Å². The number of halogens is 3. The maximum atomic E-state index is 12.4. The zero-order valence-corrected chi connectivity index (χ0v) is 15.4. The molecule has 0 unspecified atom stereocenters. The number of urea groups is 1. The summed E-state index contributed by atoms with van der Waals surface area (Å²) in [5.74, 6) is 0.850. The zero-order chi connectivity index (χ0) is 20.6. The van der Waals surface area contributed by atoms with E-state index >= 15 is 0 Å². The Hall–Kier alpha value is -3.10. The van der Waals surface area contributed by atoms with Crippen LogP contribution in [-0.4, -0.2) is 33.2 Å². The Kier molecular flexibility index (Phi) is 7.36. The molecule has 2 amide bonds. The van der Waals surface area contributed by atoms with Crippen LogP contribution in [-0.2, 0) is 13.0 Å². The molecule has 0 atom stereocenters. The molecule has 0 spiro atoms. The zero-order valence-electron chi connectivity index (χ0n) is 15.4. The molecule has 0 radical (unpaired) electrons. The summed E-state index contributed by atoms with van der Waals surface area (Å²) in [6, 6.07) is 10.6. The fraction of sp³-hybridized carbons (Fsp3) is 0.316. The fourth-order valence-electron chi connectivity index (χ4n) is 2.47. The number of hydrogen-bond donors (Lipinski definition) is 2. The van der Waals surface area contributed by atoms with Crippen molar-refractivity contribution in [2.24, 2.45) is 0 Å². The normalized spacial score (nSPS) is 10.9. The molecule has 0 aliphatic carbocycles. The predicted molar refractivity (Wildman–Crippen MR) is 96.6 cm³/mol. The molecule has 152 valence electrons. The third kappa shape index (κ3) is 6.57. The Bertz CT molecular complexity index is 797. The maximum absolute atomic E-state index is 12.4. The molecule has 28 heavy (non-hydrogen) atoms. The second kappa shape index (κ2) is 9.72. The van der Waals surface area contributed by atoms with Crippen molar-refractivity contribution in [3.63, 3.8) is 0 Å². The van der Waals surface area contributed by atoms with Crippen LogP contribution in [0.25, 0.3) is 0 Å². The van der Waals surface area contributed by atoms with Crippen molar-refractivity contribution in [2.45, 2.75) is 19.3 Å². The van der Waals surface area contributed by atoms with Gasteiger partial charge >= 0.3 is 12.4 Å². The summed E-state index contributed by atoms with van der Waals surface area (Å²) in [6.45, 7) is 0.233. The lowest BCUT2D eigenvalue weighted by Gasteiger charge is -2.14. The van der Waals surface area contributed by atoms with Crippen molar-refractivity contribution in [3.8, 4) is 17.2 Å². The topological polar surface area (TPSA) is 68.8 Å². The van der Waals surface area contributed by atoms with E-state index in [-0.39, 0.29) is 17.9 Å². The smallest absolute Gasteiger partial charge is 0.493 e. The lowest BCUT2D eigenvalue weighted by Crippen LogP contribution is -2.36. The summed E-state index contributed by atoms with van der Waals surface area (Å²) in [5.41, 5.74) is 1.15. The number of benzene rings is 2. The summed E-state index contributed by atoms with van der Waals surface area (Å²) in [6.07, 6.45) is -4.25. The Morgan fingerprint density at radius 1 is 0.964 bits per heavy atom. The van der Waals surface area contributed by atoms with Gasteiger partial charge in [-0.05, 0) is 30.2 Å². The molecule has 2 N–H and O–H groups in total. The Morgan fingerprint density at radius 2 is 1.68 bits per heavy atom. The van der Waals surface area contributed by atoms with Crippen LogP contribution >= 0.6 is 0 Å². The first-order valence-corrected chi connectivity index (χ1v) is 8.38. The van der Waals surface area contributed by atoms with Crippen LogP contribution in [0.3, 0.4) is 0 Å². The molecular weight excluding hydrogens is 377 g/mol. The first-order valence-electron chi connectivity index (χ1n) is 8.38. The maximum Gasteiger partial charge on any atom is 0.573 e. The van der Waals surface area contributed by atoms with Gasteiger partial charge in [-0.25, -0.2) is 4.79 Å². The van der Waals surface area contributed by atoms with Gasteiger partial charge in [0.25, 0.3) is 0 Å². The van der Waals surface area contributed by atoms with E-state index in [1.807, 2.05) is 12.1 Å². The van der Waals surface area contributed by atoms with Gasteiger partial charge in [-0.1, -0.05) is 24.3 Å². The van der Waals surface area contributed by atoms with E-state index in [0.29, 0.717) is 24.5 Å². The third-order valence-corrected chi connectivity index (χ3v) is 3.78. The van der Waals surface area contributed by atoms with E-state index in [1.165, 1.54) is 25.3 Å². The largest absolute Gasteiger partial charge is 0.573 e. The van der Waals surface area contributed by atoms with Gasteiger partial charge in [0.05, 0.1) is 14.2 Å². The first-order chi connectivity index (χ1) is 13.3. The van der Waals surface area contributed by atoms with Gasteiger partial charge in [0, 0.05) is 18.7 Å². The molecule has 0 heterocycles. The molecular formula is C19H21F3N2O4. The molecule has 0 saturated carbocycles. The van der Waals surface area contributed by atoms with Crippen molar-refractivity contribution < 1.29 is 32.2 Å². The molecule has 9 heteroatoms. The van der Waals surface area contributed by atoms with Crippen molar-refractivity contribution >= 4 is 6.03 Å². The predicted octanol–water partition coefficient (Wildman–Crippen LogP) is 3.64. The van der Waals surface area contributed by atoms with Crippen molar-refractivity contribution in [2.75, 3.05) is 20.8 Å². The molecule has 2 aromatic carbocycles. The average Bonchev–Trinajstić information content (AvgIpc) is 2.66. The molecule has 6 nitrogen and oxygen atoms in total. The number of hydrogen-bond acceptors (Lipinski definition) is 4. The Morgan fingerprint density at radius 3 is 2.36 bits per heavy atom. The molecule has 0 aliphatic heterocycles. The SMILES string of the molecule is COc1ccc(CCNC(=O)NCc2ccccc2OC(F)(F)F)cc1OC. The Labute approximate surface area is 160 Å². The second-order valence-corrected chi connectivity index (χ2v) is 5.70.